The van der Waals surface area contributed by atoms with E-state index < -0.39 is 0 Å². The number of carbonyl (C=O) groups excluding carboxylic acids is 1. The van der Waals surface area contributed by atoms with E-state index in [1.54, 1.807) is 0 Å². The summed E-state index contributed by atoms with van der Waals surface area (Å²) in [6, 6.07) is 10.4. The summed E-state index contributed by atoms with van der Waals surface area (Å²) in [6.07, 6.45) is 1.86. The van der Waals surface area contributed by atoms with Crippen molar-refractivity contribution in [3.05, 3.63) is 57.8 Å². The van der Waals surface area contributed by atoms with Crippen LogP contribution in [-0.4, -0.2) is 15.6 Å². The van der Waals surface area contributed by atoms with E-state index in [1.165, 1.54) is 17.3 Å². The molecule has 1 fully saturated rings. The fourth-order valence-electron chi connectivity index (χ4n) is 2.68. The highest BCUT2D eigenvalue weighted by molar-refractivity contribution is 8.18. The summed E-state index contributed by atoms with van der Waals surface area (Å²) in [6.45, 7) is 6.18. The van der Waals surface area contributed by atoms with Crippen LogP contribution in [-0.2, 0) is 4.79 Å². The highest BCUT2D eigenvalue weighted by Crippen LogP contribution is 2.28. The van der Waals surface area contributed by atoms with Crippen LogP contribution < -0.4 is 5.32 Å². The van der Waals surface area contributed by atoms with Crippen molar-refractivity contribution in [2.24, 2.45) is 0 Å². The number of thioether (sulfide) groups is 1. The predicted octanol–water partition coefficient (Wildman–Crippen LogP) is 3.54. The van der Waals surface area contributed by atoms with Gasteiger partial charge in [0.15, 0.2) is 5.17 Å². The molecule has 1 aliphatic rings. The average molecular weight is 311 g/mol. The van der Waals surface area contributed by atoms with E-state index in [0.29, 0.717) is 4.91 Å². The second-order valence-corrected chi connectivity index (χ2v) is 6.45. The molecule has 1 amide bonds. The van der Waals surface area contributed by atoms with Gasteiger partial charge in [-0.15, -0.1) is 0 Å². The first-order valence-corrected chi connectivity index (χ1v) is 7.83. The molecular formula is C17H17N3OS. The summed E-state index contributed by atoms with van der Waals surface area (Å²) in [7, 11) is 0. The van der Waals surface area contributed by atoms with Crippen molar-refractivity contribution in [3.8, 4) is 5.69 Å². The van der Waals surface area contributed by atoms with E-state index in [2.05, 4.69) is 48.0 Å². The van der Waals surface area contributed by atoms with Gasteiger partial charge in [0.1, 0.15) is 0 Å². The topological polar surface area (TPSA) is 57.9 Å². The van der Waals surface area contributed by atoms with Gasteiger partial charge in [0, 0.05) is 17.1 Å². The van der Waals surface area contributed by atoms with Crippen LogP contribution in [0, 0.1) is 26.2 Å². The number of nitrogens with one attached hydrogen (secondary N) is 2. The number of benzene rings is 1. The van der Waals surface area contributed by atoms with E-state index >= 15 is 0 Å². The molecule has 0 saturated carbocycles. The Labute approximate surface area is 133 Å². The number of amidine groups is 1. The van der Waals surface area contributed by atoms with Gasteiger partial charge in [-0.3, -0.25) is 10.2 Å². The molecule has 5 heteroatoms. The van der Waals surface area contributed by atoms with Crippen molar-refractivity contribution in [2.45, 2.75) is 20.8 Å². The van der Waals surface area contributed by atoms with E-state index in [1.807, 2.05) is 19.1 Å². The lowest BCUT2D eigenvalue weighted by atomic mass is 10.2. The second kappa shape index (κ2) is 5.50. The van der Waals surface area contributed by atoms with Gasteiger partial charge in [0.25, 0.3) is 5.91 Å². The third kappa shape index (κ3) is 2.60. The summed E-state index contributed by atoms with van der Waals surface area (Å²) in [5.74, 6) is -0.199. The Morgan fingerprint density at radius 1 is 1.23 bits per heavy atom. The maximum absolute atomic E-state index is 11.8. The van der Waals surface area contributed by atoms with Crippen LogP contribution in [0.25, 0.3) is 11.8 Å². The number of hydrogen-bond donors (Lipinski definition) is 2. The summed E-state index contributed by atoms with van der Waals surface area (Å²) in [5.41, 5.74) is 5.54. The van der Waals surface area contributed by atoms with Gasteiger partial charge in [-0.2, -0.15) is 0 Å². The normalized spacial score (nSPS) is 16.4. The van der Waals surface area contributed by atoms with Crippen LogP contribution in [0.3, 0.4) is 0 Å². The van der Waals surface area contributed by atoms with E-state index in [9.17, 15) is 4.79 Å². The molecule has 2 N–H and O–H groups in total. The molecule has 0 spiro atoms. The molecule has 2 heterocycles. The molecule has 4 nitrogen and oxygen atoms in total. The highest BCUT2D eigenvalue weighted by atomic mass is 32.2. The fourth-order valence-corrected chi connectivity index (χ4v) is 3.37. The summed E-state index contributed by atoms with van der Waals surface area (Å²) in [5, 5.41) is 10.2. The molecule has 0 radical (unpaired) electrons. The predicted molar refractivity (Wildman–Crippen MR) is 91.4 cm³/mol. The van der Waals surface area contributed by atoms with Gasteiger partial charge in [0.05, 0.1) is 4.91 Å². The van der Waals surface area contributed by atoms with Crippen LogP contribution in [0.2, 0.25) is 0 Å². The minimum absolute atomic E-state index is 0.184. The molecule has 0 atom stereocenters. The largest absolute Gasteiger partial charge is 0.318 e. The molecular weight excluding hydrogens is 294 g/mol. The minimum atomic E-state index is -0.199. The number of carbonyl (C=O) groups is 1. The minimum Gasteiger partial charge on any atom is -0.318 e. The van der Waals surface area contributed by atoms with Crippen molar-refractivity contribution >= 4 is 28.9 Å². The second-order valence-electron chi connectivity index (χ2n) is 5.39. The number of amides is 1. The Hall–Kier alpha value is -2.27. The van der Waals surface area contributed by atoms with Crippen molar-refractivity contribution in [1.82, 2.24) is 9.88 Å². The van der Waals surface area contributed by atoms with Gasteiger partial charge in [-0.05, 0) is 67.9 Å². The van der Waals surface area contributed by atoms with Gasteiger partial charge in [-0.25, -0.2) is 0 Å². The Morgan fingerprint density at radius 2 is 2.00 bits per heavy atom. The molecule has 3 rings (SSSR count). The first-order chi connectivity index (χ1) is 10.5. The zero-order valence-corrected chi connectivity index (χ0v) is 13.5. The van der Waals surface area contributed by atoms with Gasteiger partial charge in [-0.1, -0.05) is 12.1 Å². The fraction of sp³-hybridized carbons (Fsp3) is 0.176. The summed E-state index contributed by atoms with van der Waals surface area (Å²) in [4.78, 5) is 12.3. The molecule has 112 valence electrons. The quantitative estimate of drug-likeness (QED) is 0.833. The number of aryl methyl sites for hydroxylation is 2. The van der Waals surface area contributed by atoms with Crippen molar-refractivity contribution in [1.29, 1.82) is 5.41 Å². The Balaban J connectivity index is 2.06. The monoisotopic (exact) mass is 311 g/mol. The maximum Gasteiger partial charge on any atom is 0.264 e. The third-order valence-electron chi connectivity index (χ3n) is 3.68. The molecule has 2 aromatic rings. The van der Waals surface area contributed by atoms with Crippen LogP contribution in [0.1, 0.15) is 22.5 Å². The Bertz CT molecular complexity index is 817. The van der Waals surface area contributed by atoms with Gasteiger partial charge < -0.3 is 9.88 Å². The maximum atomic E-state index is 11.8. The molecule has 0 aliphatic carbocycles. The molecule has 1 aromatic heterocycles. The Morgan fingerprint density at radius 3 is 2.64 bits per heavy atom. The number of nitrogens with zero attached hydrogens (tertiary/aromatic N) is 1. The molecule has 1 saturated heterocycles. The van der Waals surface area contributed by atoms with Crippen LogP contribution in [0.4, 0.5) is 0 Å². The van der Waals surface area contributed by atoms with Gasteiger partial charge in [0.2, 0.25) is 0 Å². The first kappa shape index (κ1) is 14.7. The lowest BCUT2D eigenvalue weighted by Crippen LogP contribution is -2.18. The summed E-state index contributed by atoms with van der Waals surface area (Å²) >= 11 is 1.17. The van der Waals surface area contributed by atoms with Crippen molar-refractivity contribution in [2.75, 3.05) is 0 Å². The molecule has 1 aromatic carbocycles. The van der Waals surface area contributed by atoms with Crippen LogP contribution in [0.15, 0.2) is 35.2 Å². The third-order valence-corrected chi connectivity index (χ3v) is 4.51. The standard InChI is InChI=1S/C17H17N3OS/c1-10-5-4-6-14(7-10)20-11(2)8-13(12(20)3)9-15-16(21)19-17(18)22-15/h4-9H,1-3H3,(H2,18,19,21)/b15-9+. The van der Waals surface area contributed by atoms with E-state index in [0.717, 1.165) is 22.6 Å². The first-order valence-electron chi connectivity index (χ1n) is 7.01. The SMILES string of the molecule is Cc1cccc(-n2c(C)cc(/C=C3/SC(=N)NC3=O)c2C)c1. The average Bonchev–Trinajstić information content (AvgIpc) is 2.90. The lowest BCUT2D eigenvalue weighted by Gasteiger charge is -2.10. The van der Waals surface area contributed by atoms with Crippen molar-refractivity contribution in [3.63, 3.8) is 0 Å². The summed E-state index contributed by atoms with van der Waals surface area (Å²) < 4.78 is 2.18. The number of rotatable bonds is 2. The number of hydrogen-bond acceptors (Lipinski definition) is 3. The van der Waals surface area contributed by atoms with Crippen molar-refractivity contribution < 1.29 is 4.79 Å². The van der Waals surface area contributed by atoms with Crippen LogP contribution >= 0.6 is 11.8 Å². The smallest absolute Gasteiger partial charge is 0.264 e. The molecule has 1 aliphatic heterocycles. The molecule has 0 unspecified atom stereocenters. The zero-order chi connectivity index (χ0) is 15.9. The molecule has 0 bridgehead atoms. The number of aromatic nitrogens is 1. The Kier molecular flexibility index (Phi) is 3.66. The highest BCUT2D eigenvalue weighted by Gasteiger charge is 2.23. The zero-order valence-electron chi connectivity index (χ0n) is 12.7. The van der Waals surface area contributed by atoms with E-state index in [4.69, 9.17) is 5.41 Å². The molecule has 22 heavy (non-hydrogen) atoms. The lowest BCUT2D eigenvalue weighted by molar-refractivity contribution is -0.115. The van der Waals surface area contributed by atoms with Crippen LogP contribution in [0.5, 0.6) is 0 Å². The van der Waals surface area contributed by atoms with E-state index in [-0.39, 0.29) is 11.1 Å². The van der Waals surface area contributed by atoms with Gasteiger partial charge >= 0.3 is 0 Å².